The summed E-state index contributed by atoms with van der Waals surface area (Å²) in [7, 11) is 0. The molecule has 0 unspecified atom stereocenters. The number of rotatable bonds is 6. The highest BCUT2D eigenvalue weighted by Crippen LogP contribution is 2.25. The summed E-state index contributed by atoms with van der Waals surface area (Å²) < 4.78 is 2.06. The van der Waals surface area contributed by atoms with Crippen molar-refractivity contribution in [2.45, 2.75) is 26.3 Å². The Bertz CT molecular complexity index is 1070. The first-order chi connectivity index (χ1) is 13.6. The second kappa shape index (κ2) is 7.68. The van der Waals surface area contributed by atoms with Gasteiger partial charge in [0.25, 0.3) is 0 Å². The quantitative estimate of drug-likeness (QED) is 0.523. The summed E-state index contributed by atoms with van der Waals surface area (Å²) in [5.74, 6) is 1.70. The van der Waals surface area contributed by atoms with E-state index < -0.39 is 0 Å². The molecule has 0 aliphatic carbocycles. The number of aromatic hydroxyl groups is 1. The lowest BCUT2D eigenvalue weighted by molar-refractivity contribution is 0.475. The summed E-state index contributed by atoms with van der Waals surface area (Å²) in [4.78, 5) is 14.1. The SMILES string of the molecule is CC(C)n1cnc2c(NCCc3ccc(O)cc3)nc(-c3ccccc3)nc21. The summed E-state index contributed by atoms with van der Waals surface area (Å²) in [6, 6.07) is 17.5. The molecule has 142 valence electrons. The van der Waals surface area contributed by atoms with Crippen molar-refractivity contribution in [2.24, 2.45) is 0 Å². The predicted molar refractivity (Wildman–Crippen MR) is 111 cm³/mol. The van der Waals surface area contributed by atoms with Crippen LogP contribution in [0.1, 0.15) is 25.5 Å². The molecule has 0 spiro atoms. The summed E-state index contributed by atoms with van der Waals surface area (Å²) in [6.07, 6.45) is 2.64. The Morgan fingerprint density at radius 2 is 1.75 bits per heavy atom. The largest absolute Gasteiger partial charge is 0.508 e. The van der Waals surface area contributed by atoms with Crippen molar-refractivity contribution >= 4 is 17.0 Å². The number of anilines is 1. The number of phenolic OH excluding ortho intramolecular Hbond substituents is 1. The zero-order valence-electron chi connectivity index (χ0n) is 16.0. The Hall–Kier alpha value is -3.41. The number of hydrogen-bond donors (Lipinski definition) is 2. The average Bonchev–Trinajstić information content (AvgIpc) is 3.14. The molecule has 0 aliphatic heterocycles. The molecule has 0 amide bonds. The zero-order valence-corrected chi connectivity index (χ0v) is 16.0. The maximum Gasteiger partial charge on any atom is 0.166 e. The number of fused-ring (bicyclic) bond motifs is 1. The van der Waals surface area contributed by atoms with Gasteiger partial charge in [-0.3, -0.25) is 0 Å². The van der Waals surface area contributed by atoms with Crippen molar-refractivity contribution in [3.63, 3.8) is 0 Å². The average molecular weight is 373 g/mol. The molecule has 6 nitrogen and oxygen atoms in total. The lowest BCUT2D eigenvalue weighted by atomic mass is 10.1. The Morgan fingerprint density at radius 1 is 1.00 bits per heavy atom. The van der Waals surface area contributed by atoms with Crippen molar-refractivity contribution < 1.29 is 5.11 Å². The lowest BCUT2D eigenvalue weighted by Crippen LogP contribution is -2.09. The van der Waals surface area contributed by atoms with E-state index >= 15 is 0 Å². The van der Waals surface area contributed by atoms with Crippen LogP contribution in [-0.4, -0.2) is 31.2 Å². The maximum absolute atomic E-state index is 9.42. The highest BCUT2D eigenvalue weighted by atomic mass is 16.3. The Morgan fingerprint density at radius 3 is 2.46 bits per heavy atom. The van der Waals surface area contributed by atoms with E-state index in [4.69, 9.17) is 9.97 Å². The van der Waals surface area contributed by atoms with Crippen LogP contribution in [0.4, 0.5) is 5.82 Å². The molecular formula is C22H23N5O. The number of aromatic nitrogens is 4. The van der Waals surface area contributed by atoms with Crippen LogP contribution in [0.2, 0.25) is 0 Å². The van der Waals surface area contributed by atoms with Gasteiger partial charge in [-0.25, -0.2) is 15.0 Å². The van der Waals surface area contributed by atoms with Gasteiger partial charge in [0.15, 0.2) is 17.3 Å². The molecule has 0 atom stereocenters. The van der Waals surface area contributed by atoms with Crippen LogP contribution in [0.3, 0.4) is 0 Å². The van der Waals surface area contributed by atoms with Gasteiger partial charge in [0, 0.05) is 18.2 Å². The minimum absolute atomic E-state index is 0.258. The molecule has 6 heteroatoms. The van der Waals surface area contributed by atoms with E-state index in [9.17, 15) is 5.11 Å². The second-order valence-electron chi connectivity index (χ2n) is 7.02. The van der Waals surface area contributed by atoms with Gasteiger partial charge < -0.3 is 15.0 Å². The first kappa shape index (κ1) is 18.0. The van der Waals surface area contributed by atoms with Gasteiger partial charge in [0.2, 0.25) is 0 Å². The fraction of sp³-hybridized carbons (Fsp3) is 0.227. The van der Waals surface area contributed by atoms with Crippen LogP contribution in [0.15, 0.2) is 60.9 Å². The highest BCUT2D eigenvalue weighted by molar-refractivity contribution is 5.85. The summed E-state index contributed by atoms with van der Waals surface area (Å²) in [5, 5.41) is 12.8. The topological polar surface area (TPSA) is 75.9 Å². The second-order valence-corrected chi connectivity index (χ2v) is 7.02. The molecule has 4 aromatic rings. The molecule has 4 rings (SSSR count). The van der Waals surface area contributed by atoms with Gasteiger partial charge in [0.05, 0.1) is 6.33 Å². The van der Waals surface area contributed by atoms with Gasteiger partial charge in [0.1, 0.15) is 11.3 Å². The maximum atomic E-state index is 9.42. The van der Waals surface area contributed by atoms with E-state index in [-0.39, 0.29) is 11.8 Å². The van der Waals surface area contributed by atoms with Crippen LogP contribution in [-0.2, 0) is 6.42 Å². The standard InChI is InChI=1S/C22H23N5O/c1-15(2)27-14-24-19-21(23-13-12-16-8-10-18(28)11-9-16)25-20(26-22(19)27)17-6-4-3-5-7-17/h3-11,14-15,28H,12-13H2,1-2H3,(H,23,25,26). The first-order valence-corrected chi connectivity index (χ1v) is 9.43. The van der Waals surface area contributed by atoms with Crippen LogP contribution in [0.5, 0.6) is 5.75 Å². The van der Waals surface area contributed by atoms with E-state index in [1.54, 1.807) is 12.1 Å². The molecule has 2 heterocycles. The predicted octanol–water partition coefficient (Wildman–Crippen LogP) is 4.43. The van der Waals surface area contributed by atoms with E-state index in [2.05, 4.69) is 28.7 Å². The molecule has 2 aromatic heterocycles. The molecule has 0 bridgehead atoms. The van der Waals surface area contributed by atoms with Crippen molar-refractivity contribution in [3.8, 4) is 17.1 Å². The molecule has 0 saturated carbocycles. The third kappa shape index (κ3) is 3.67. The highest BCUT2D eigenvalue weighted by Gasteiger charge is 2.15. The number of nitrogens with one attached hydrogen (secondary N) is 1. The van der Waals surface area contributed by atoms with E-state index in [1.165, 1.54) is 0 Å². The van der Waals surface area contributed by atoms with E-state index in [0.29, 0.717) is 12.4 Å². The van der Waals surface area contributed by atoms with Crippen molar-refractivity contribution in [1.29, 1.82) is 0 Å². The molecule has 2 aromatic carbocycles. The number of nitrogens with zero attached hydrogens (tertiary/aromatic N) is 4. The third-order valence-corrected chi connectivity index (χ3v) is 4.65. The molecule has 28 heavy (non-hydrogen) atoms. The molecule has 0 radical (unpaired) electrons. The fourth-order valence-corrected chi connectivity index (χ4v) is 3.12. The number of hydrogen-bond acceptors (Lipinski definition) is 5. The minimum Gasteiger partial charge on any atom is -0.508 e. The number of imidazole rings is 1. The number of phenols is 1. The van der Waals surface area contributed by atoms with Crippen LogP contribution in [0.25, 0.3) is 22.6 Å². The van der Waals surface area contributed by atoms with Crippen LogP contribution < -0.4 is 5.32 Å². The summed E-state index contributed by atoms with van der Waals surface area (Å²) >= 11 is 0. The first-order valence-electron chi connectivity index (χ1n) is 9.43. The van der Waals surface area contributed by atoms with Crippen molar-refractivity contribution in [3.05, 3.63) is 66.5 Å². The van der Waals surface area contributed by atoms with Gasteiger partial charge in [-0.05, 0) is 38.0 Å². The fourth-order valence-electron chi connectivity index (χ4n) is 3.12. The van der Waals surface area contributed by atoms with Crippen LogP contribution >= 0.6 is 0 Å². The van der Waals surface area contributed by atoms with Crippen molar-refractivity contribution in [2.75, 3.05) is 11.9 Å². The monoisotopic (exact) mass is 373 g/mol. The Labute approximate surface area is 163 Å². The van der Waals surface area contributed by atoms with Crippen molar-refractivity contribution in [1.82, 2.24) is 19.5 Å². The zero-order chi connectivity index (χ0) is 19.5. The normalized spacial score (nSPS) is 11.2. The van der Waals surface area contributed by atoms with Crippen LogP contribution in [0, 0.1) is 0 Å². The lowest BCUT2D eigenvalue weighted by Gasteiger charge is -2.11. The van der Waals surface area contributed by atoms with Gasteiger partial charge in [-0.1, -0.05) is 42.5 Å². The Kier molecular flexibility index (Phi) is 4.93. The molecule has 0 aliphatic rings. The molecule has 2 N–H and O–H groups in total. The van der Waals surface area contributed by atoms with Gasteiger partial charge in [-0.15, -0.1) is 0 Å². The van der Waals surface area contributed by atoms with Gasteiger partial charge >= 0.3 is 0 Å². The minimum atomic E-state index is 0.258. The van der Waals surface area contributed by atoms with E-state index in [0.717, 1.165) is 34.5 Å². The molecule has 0 saturated heterocycles. The summed E-state index contributed by atoms with van der Waals surface area (Å²) in [5.41, 5.74) is 3.73. The van der Waals surface area contributed by atoms with E-state index in [1.807, 2.05) is 48.8 Å². The molecule has 0 fully saturated rings. The Balaban J connectivity index is 1.66. The third-order valence-electron chi connectivity index (χ3n) is 4.65. The smallest absolute Gasteiger partial charge is 0.166 e. The molecular weight excluding hydrogens is 350 g/mol. The van der Waals surface area contributed by atoms with Gasteiger partial charge in [-0.2, -0.15) is 0 Å². The number of benzene rings is 2. The summed E-state index contributed by atoms with van der Waals surface area (Å²) in [6.45, 7) is 4.94.